The highest BCUT2D eigenvalue weighted by Crippen LogP contribution is 1.97. The van der Waals surface area contributed by atoms with Gasteiger partial charge in [-0.3, -0.25) is 4.79 Å². The highest BCUT2D eigenvalue weighted by Gasteiger charge is 2.27. The van der Waals surface area contributed by atoms with Gasteiger partial charge in [0, 0.05) is 7.11 Å². The number of carbonyl (C=O) groups excluding carboxylic acids is 1. The average Bonchev–Trinajstić information content (AvgIpc) is 2.14. The molecule has 0 fully saturated rings. The summed E-state index contributed by atoms with van der Waals surface area (Å²) < 4.78 is 4.50. The maximum atomic E-state index is 11.1. The first-order valence-electron chi connectivity index (χ1n) is 3.79. The molecule has 0 aromatic heterocycles. The van der Waals surface area contributed by atoms with E-state index in [0.717, 1.165) is 0 Å². The molecule has 0 aliphatic heterocycles. The third-order valence-corrected chi connectivity index (χ3v) is 1.56. The van der Waals surface area contributed by atoms with Crippen molar-refractivity contribution in [2.45, 2.75) is 18.2 Å². The van der Waals surface area contributed by atoms with Gasteiger partial charge in [0.05, 0.1) is 19.3 Å². The molecule has 0 aliphatic carbocycles. The molecular formula is C7H15NO5. The lowest BCUT2D eigenvalue weighted by molar-refractivity contribution is -0.139. The van der Waals surface area contributed by atoms with Crippen molar-refractivity contribution >= 4 is 5.78 Å². The molecule has 6 nitrogen and oxygen atoms in total. The van der Waals surface area contributed by atoms with E-state index in [-0.39, 0.29) is 6.61 Å². The van der Waals surface area contributed by atoms with Crippen LogP contribution in [0.1, 0.15) is 0 Å². The molecule has 0 saturated carbocycles. The van der Waals surface area contributed by atoms with Crippen molar-refractivity contribution in [3.05, 3.63) is 0 Å². The molecule has 0 aliphatic rings. The van der Waals surface area contributed by atoms with Crippen LogP contribution < -0.4 is 5.73 Å². The van der Waals surface area contributed by atoms with Gasteiger partial charge in [0.2, 0.25) is 0 Å². The Morgan fingerprint density at radius 1 is 1.54 bits per heavy atom. The number of ketones is 1. The highest BCUT2D eigenvalue weighted by molar-refractivity contribution is 5.87. The van der Waals surface area contributed by atoms with Crippen LogP contribution >= 0.6 is 0 Å². The maximum Gasteiger partial charge on any atom is 0.193 e. The monoisotopic (exact) mass is 193 g/mol. The van der Waals surface area contributed by atoms with E-state index in [2.05, 4.69) is 4.74 Å². The summed E-state index contributed by atoms with van der Waals surface area (Å²) in [5, 5.41) is 26.7. The zero-order chi connectivity index (χ0) is 10.4. The Morgan fingerprint density at radius 2 is 2.08 bits per heavy atom. The molecule has 0 rings (SSSR count). The van der Waals surface area contributed by atoms with Gasteiger partial charge in [-0.25, -0.2) is 0 Å². The normalized spacial score (nSPS) is 17.9. The van der Waals surface area contributed by atoms with Gasteiger partial charge in [-0.2, -0.15) is 0 Å². The predicted octanol–water partition coefficient (Wildman–Crippen LogP) is -2.76. The Labute approximate surface area is 75.9 Å². The van der Waals surface area contributed by atoms with Crippen molar-refractivity contribution in [3.63, 3.8) is 0 Å². The molecule has 0 bridgehead atoms. The topological polar surface area (TPSA) is 113 Å². The van der Waals surface area contributed by atoms with Crippen LogP contribution in [0.5, 0.6) is 0 Å². The molecule has 0 unspecified atom stereocenters. The van der Waals surface area contributed by atoms with Crippen molar-refractivity contribution in [1.29, 1.82) is 0 Å². The molecule has 0 aromatic rings. The molecule has 0 heterocycles. The van der Waals surface area contributed by atoms with Crippen molar-refractivity contribution in [2.75, 3.05) is 20.3 Å². The Bertz CT molecular complexity index is 163. The minimum atomic E-state index is -1.56. The second-order valence-electron chi connectivity index (χ2n) is 2.66. The molecule has 13 heavy (non-hydrogen) atoms. The SMILES string of the molecule is COC[C@@H](O)C(=O)[C@H](O)[C@@H](N)CO. The minimum absolute atomic E-state index is 0.200. The van der Waals surface area contributed by atoms with E-state index in [9.17, 15) is 4.79 Å². The molecule has 0 amide bonds. The summed E-state index contributed by atoms with van der Waals surface area (Å²) in [7, 11) is 1.31. The summed E-state index contributed by atoms with van der Waals surface area (Å²) in [6.07, 6.45) is -2.97. The third-order valence-electron chi connectivity index (χ3n) is 1.56. The smallest absolute Gasteiger partial charge is 0.193 e. The number of hydrogen-bond donors (Lipinski definition) is 4. The van der Waals surface area contributed by atoms with Crippen LogP contribution in [0.25, 0.3) is 0 Å². The Balaban J connectivity index is 4.08. The standard InChI is InChI=1S/C7H15NO5/c1-13-3-5(10)7(12)6(11)4(8)2-9/h4-6,9-11H,2-3,8H2,1H3/t4-,5+,6+/m0/s1. The molecule has 0 aromatic carbocycles. The van der Waals surface area contributed by atoms with Gasteiger partial charge in [-0.1, -0.05) is 0 Å². The van der Waals surface area contributed by atoms with Crippen molar-refractivity contribution < 1.29 is 24.9 Å². The number of hydrogen-bond acceptors (Lipinski definition) is 6. The van der Waals surface area contributed by atoms with E-state index in [1.54, 1.807) is 0 Å². The predicted molar refractivity (Wildman–Crippen MR) is 44.0 cm³/mol. The van der Waals surface area contributed by atoms with Gasteiger partial charge in [0.1, 0.15) is 12.2 Å². The first-order chi connectivity index (χ1) is 6.04. The third kappa shape index (κ3) is 3.79. The number of carbonyl (C=O) groups is 1. The maximum absolute atomic E-state index is 11.1. The Hall–Kier alpha value is -0.530. The number of rotatable bonds is 6. The quantitative estimate of drug-likeness (QED) is 0.363. The van der Waals surface area contributed by atoms with E-state index in [1.807, 2.05) is 0 Å². The summed E-state index contributed by atoms with van der Waals surface area (Å²) in [6, 6.07) is -1.07. The molecular weight excluding hydrogens is 178 g/mol. The Kier molecular flexibility index (Phi) is 5.76. The molecule has 5 N–H and O–H groups in total. The van der Waals surface area contributed by atoms with Gasteiger partial charge in [-0.05, 0) is 0 Å². The molecule has 6 heteroatoms. The van der Waals surface area contributed by atoms with Crippen molar-refractivity contribution in [1.82, 2.24) is 0 Å². The lowest BCUT2D eigenvalue weighted by Crippen LogP contribution is -2.48. The molecule has 3 atom stereocenters. The number of aliphatic hydroxyl groups excluding tert-OH is 3. The fourth-order valence-electron chi connectivity index (χ4n) is 0.748. The number of Topliss-reactive ketones (excluding diaryl/α,β-unsaturated/α-hetero) is 1. The zero-order valence-electron chi connectivity index (χ0n) is 7.38. The summed E-state index contributed by atoms with van der Waals surface area (Å²) in [5.74, 6) is -0.844. The summed E-state index contributed by atoms with van der Waals surface area (Å²) in [5.41, 5.74) is 5.18. The van der Waals surface area contributed by atoms with Gasteiger partial charge in [0.15, 0.2) is 5.78 Å². The van der Waals surface area contributed by atoms with Gasteiger partial charge >= 0.3 is 0 Å². The van der Waals surface area contributed by atoms with Gasteiger partial charge in [0.25, 0.3) is 0 Å². The van der Waals surface area contributed by atoms with E-state index in [1.165, 1.54) is 7.11 Å². The largest absolute Gasteiger partial charge is 0.395 e. The van der Waals surface area contributed by atoms with Crippen molar-refractivity contribution in [3.8, 4) is 0 Å². The summed E-state index contributed by atoms with van der Waals surface area (Å²) in [4.78, 5) is 11.1. The average molecular weight is 193 g/mol. The minimum Gasteiger partial charge on any atom is -0.395 e. The first kappa shape index (κ1) is 12.5. The second kappa shape index (κ2) is 6.01. The number of methoxy groups -OCH3 is 1. The zero-order valence-corrected chi connectivity index (χ0v) is 7.38. The van der Waals surface area contributed by atoms with Crippen LogP contribution in [0, 0.1) is 0 Å². The van der Waals surface area contributed by atoms with Gasteiger partial charge in [-0.15, -0.1) is 0 Å². The van der Waals surface area contributed by atoms with Crippen molar-refractivity contribution in [2.24, 2.45) is 5.73 Å². The number of ether oxygens (including phenoxy) is 1. The van der Waals surface area contributed by atoms with Gasteiger partial charge < -0.3 is 25.8 Å². The highest BCUT2D eigenvalue weighted by atomic mass is 16.5. The van der Waals surface area contributed by atoms with E-state index in [0.29, 0.717) is 0 Å². The first-order valence-corrected chi connectivity index (χ1v) is 3.79. The second-order valence-corrected chi connectivity index (χ2v) is 2.66. The summed E-state index contributed by atoms with van der Waals surface area (Å²) in [6.45, 7) is -0.722. The van der Waals surface area contributed by atoms with E-state index < -0.39 is 30.6 Å². The van der Waals surface area contributed by atoms with E-state index >= 15 is 0 Å². The van der Waals surface area contributed by atoms with Crippen LogP contribution in [0.4, 0.5) is 0 Å². The van der Waals surface area contributed by atoms with Crippen LogP contribution in [0.2, 0.25) is 0 Å². The van der Waals surface area contributed by atoms with Crippen LogP contribution in [0.15, 0.2) is 0 Å². The fourth-order valence-corrected chi connectivity index (χ4v) is 0.748. The van der Waals surface area contributed by atoms with Crippen LogP contribution in [0.3, 0.4) is 0 Å². The molecule has 78 valence electrons. The number of aliphatic hydroxyl groups is 3. The van der Waals surface area contributed by atoms with Crippen LogP contribution in [-0.4, -0.2) is 59.7 Å². The molecule has 0 radical (unpaired) electrons. The Morgan fingerprint density at radius 3 is 2.46 bits per heavy atom. The number of nitrogens with two attached hydrogens (primary N) is 1. The lowest BCUT2D eigenvalue weighted by atomic mass is 10.0. The molecule has 0 spiro atoms. The summed E-state index contributed by atoms with van der Waals surface area (Å²) >= 11 is 0. The lowest BCUT2D eigenvalue weighted by Gasteiger charge is -2.17. The molecule has 0 saturated heterocycles. The fraction of sp³-hybridized carbons (Fsp3) is 0.857. The van der Waals surface area contributed by atoms with E-state index in [4.69, 9.17) is 21.1 Å². The van der Waals surface area contributed by atoms with Crippen LogP contribution in [-0.2, 0) is 9.53 Å².